The molecule has 2 heterocycles. The molecule has 0 radical (unpaired) electrons. The molecule has 3 heteroatoms. The Morgan fingerprint density at radius 3 is 2.81 bits per heavy atom. The van der Waals surface area contributed by atoms with Gasteiger partial charge in [0.1, 0.15) is 6.10 Å². The first-order valence-corrected chi connectivity index (χ1v) is 6.00. The quantitative estimate of drug-likeness (QED) is 0.781. The van der Waals surface area contributed by atoms with Gasteiger partial charge < -0.3 is 4.74 Å². The standard InChI is InChI=1S/C13H20N2O/c1-10(2)15-9-12(8-11(15)3)16-13-6-4-5-7-14-13/h4-7,10-12H,8-9H2,1-3H3. The van der Waals surface area contributed by atoms with E-state index in [0.717, 1.165) is 18.8 Å². The monoisotopic (exact) mass is 220 g/mol. The van der Waals surface area contributed by atoms with Gasteiger partial charge in [0.2, 0.25) is 5.88 Å². The van der Waals surface area contributed by atoms with Crippen molar-refractivity contribution in [2.45, 2.75) is 45.4 Å². The lowest BCUT2D eigenvalue weighted by molar-refractivity contribution is 0.173. The number of pyridine rings is 1. The molecule has 1 saturated heterocycles. The van der Waals surface area contributed by atoms with E-state index in [4.69, 9.17) is 4.74 Å². The Morgan fingerprint density at radius 2 is 2.25 bits per heavy atom. The highest BCUT2D eigenvalue weighted by molar-refractivity contribution is 5.10. The van der Waals surface area contributed by atoms with E-state index in [1.165, 1.54) is 0 Å². The van der Waals surface area contributed by atoms with Crippen molar-refractivity contribution in [1.29, 1.82) is 0 Å². The fourth-order valence-electron chi connectivity index (χ4n) is 2.40. The van der Waals surface area contributed by atoms with E-state index < -0.39 is 0 Å². The van der Waals surface area contributed by atoms with Crippen LogP contribution >= 0.6 is 0 Å². The number of hydrogen-bond donors (Lipinski definition) is 0. The molecule has 16 heavy (non-hydrogen) atoms. The predicted molar refractivity (Wildman–Crippen MR) is 64.6 cm³/mol. The topological polar surface area (TPSA) is 25.4 Å². The third-order valence-electron chi connectivity index (χ3n) is 3.17. The normalized spacial score (nSPS) is 26.2. The van der Waals surface area contributed by atoms with Crippen LogP contribution in [0.1, 0.15) is 27.2 Å². The lowest BCUT2D eigenvalue weighted by Crippen LogP contribution is -2.34. The van der Waals surface area contributed by atoms with E-state index in [1.807, 2.05) is 18.2 Å². The molecule has 0 aliphatic carbocycles. The van der Waals surface area contributed by atoms with Crippen LogP contribution in [0.25, 0.3) is 0 Å². The van der Waals surface area contributed by atoms with Gasteiger partial charge in [0, 0.05) is 37.3 Å². The smallest absolute Gasteiger partial charge is 0.213 e. The van der Waals surface area contributed by atoms with E-state index in [9.17, 15) is 0 Å². The van der Waals surface area contributed by atoms with E-state index in [2.05, 4.69) is 30.7 Å². The highest BCUT2D eigenvalue weighted by Gasteiger charge is 2.31. The summed E-state index contributed by atoms with van der Waals surface area (Å²) >= 11 is 0. The van der Waals surface area contributed by atoms with Crippen LogP contribution in [-0.2, 0) is 0 Å². The lowest BCUT2D eigenvalue weighted by Gasteiger charge is -2.24. The summed E-state index contributed by atoms with van der Waals surface area (Å²) in [6.07, 6.45) is 3.15. The Hall–Kier alpha value is -1.09. The molecule has 2 atom stereocenters. The minimum absolute atomic E-state index is 0.285. The molecule has 1 fully saturated rings. The molecule has 1 aliphatic heterocycles. The highest BCUT2D eigenvalue weighted by Crippen LogP contribution is 2.23. The maximum absolute atomic E-state index is 5.87. The van der Waals surface area contributed by atoms with Crippen LogP contribution in [0.5, 0.6) is 5.88 Å². The van der Waals surface area contributed by atoms with Gasteiger partial charge in [0.15, 0.2) is 0 Å². The summed E-state index contributed by atoms with van der Waals surface area (Å²) in [5.74, 6) is 0.741. The molecule has 0 saturated carbocycles. The number of rotatable bonds is 3. The van der Waals surface area contributed by atoms with Gasteiger partial charge in [-0.15, -0.1) is 0 Å². The third-order valence-corrected chi connectivity index (χ3v) is 3.17. The first-order chi connectivity index (χ1) is 7.66. The van der Waals surface area contributed by atoms with Crippen molar-refractivity contribution < 1.29 is 4.74 Å². The number of nitrogens with zero attached hydrogens (tertiary/aromatic N) is 2. The Bertz CT molecular complexity index is 326. The van der Waals surface area contributed by atoms with Crippen LogP contribution in [0.3, 0.4) is 0 Å². The van der Waals surface area contributed by atoms with Crippen LogP contribution in [0.2, 0.25) is 0 Å². The van der Waals surface area contributed by atoms with Crippen LogP contribution in [0.4, 0.5) is 0 Å². The summed E-state index contributed by atoms with van der Waals surface area (Å²) in [5.41, 5.74) is 0. The van der Waals surface area contributed by atoms with Gasteiger partial charge in [0.05, 0.1) is 0 Å². The second-order valence-corrected chi connectivity index (χ2v) is 4.78. The van der Waals surface area contributed by atoms with E-state index in [-0.39, 0.29) is 6.10 Å². The van der Waals surface area contributed by atoms with Crippen molar-refractivity contribution in [2.75, 3.05) is 6.54 Å². The predicted octanol–water partition coefficient (Wildman–Crippen LogP) is 2.33. The molecule has 0 amide bonds. The Kier molecular flexibility index (Phi) is 3.44. The molecule has 0 spiro atoms. The van der Waals surface area contributed by atoms with Gasteiger partial charge in [-0.3, -0.25) is 4.90 Å². The van der Waals surface area contributed by atoms with Crippen molar-refractivity contribution in [3.05, 3.63) is 24.4 Å². The zero-order valence-electron chi connectivity index (χ0n) is 10.3. The van der Waals surface area contributed by atoms with Crippen LogP contribution in [0.15, 0.2) is 24.4 Å². The fourth-order valence-corrected chi connectivity index (χ4v) is 2.40. The number of hydrogen-bond acceptors (Lipinski definition) is 3. The largest absolute Gasteiger partial charge is 0.473 e. The summed E-state index contributed by atoms with van der Waals surface area (Å²) in [6.45, 7) is 7.75. The minimum Gasteiger partial charge on any atom is -0.473 e. The maximum Gasteiger partial charge on any atom is 0.213 e. The van der Waals surface area contributed by atoms with Gasteiger partial charge >= 0.3 is 0 Å². The van der Waals surface area contributed by atoms with E-state index in [1.54, 1.807) is 6.20 Å². The molecule has 1 aromatic rings. The average Bonchev–Trinajstić information content (AvgIpc) is 2.61. The molecular weight excluding hydrogens is 200 g/mol. The first kappa shape index (κ1) is 11.4. The molecule has 2 unspecified atom stereocenters. The van der Waals surface area contributed by atoms with Crippen molar-refractivity contribution in [3.8, 4) is 5.88 Å². The number of likely N-dealkylation sites (tertiary alicyclic amines) is 1. The molecule has 88 valence electrons. The fraction of sp³-hybridized carbons (Fsp3) is 0.615. The highest BCUT2D eigenvalue weighted by atomic mass is 16.5. The van der Waals surface area contributed by atoms with Crippen LogP contribution < -0.4 is 4.74 Å². The first-order valence-electron chi connectivity index (χ1n) is 6.00. The average molecular weight is 220 g/mol. The maximum atomic E-state index is 5.87. The van der Waals surface area contributed by atoms with Crippen LogP contribution in [0, 0.1) is 0 Å². The van der Waals surface area contributed by atoms with Gasteiger partial charge in [0.25, 0.3) is 0 Å². The van der Waals surface area contributed by atoms with Crippen molar-refractivity contribution in [1.82, 2.24) is 9.88 Å². The third kappa shape index (κ3) is 2.53. The molecule has 1 aromatic heterocycles. The van der Waals surface area contributed by atoms with Gasteiger partial charge in [-0.2, -0.15) is 0 Å². The van der Waals surface area contributed by atoms with E-state index >= 15 is 0 Å². The molecule has 0 N–H and O–H groups in total. The zero-order chi connectivity index (χ0) is 11.5. The summed E-state index contributed by atoms with van der Waals surface area (Å²) in [5, 5.41) is 0. The Morgan fingerprint density at radius 1 is 1.44 bits per heavy atom. The molecule has 0 aromatic carbocycles. The Balaban J connectivity index is 1.94. The second kappa shape index (κ2) is 4.83. The lowest BCUT2D eigenvalue weighted by atomic mass is 10.2. The molecular formula is C13H20N2O. The summed E-state index contributed by atoms with van der Waals surface area (Å²) in [6, 6.07) is 6.98. The Labute approximate surface area is 97.4 Å². The minimum atomic E-state index is 0.285. The van der Waals surface area contributed by atoms with Gasteiger partial charge in [-0.05, 0) is 26.8 Å². The van der Waals surface area contributed by atoms with E-state index in [0.29, 0.717) is 12.1 Å². The molecule has 2 rings (SSSR count). The SMILES string of the molecule is CC(C)N1CC(Oc2ccccn2)CC1C. The number of aromatic nitrogens is 1. The number of ether oxygens (including phenoxy) is 1. The van der Waals surface area contributed by atoms with Crippen molar-refractivity contribution in [3.63, 3.8) is 0 Å². The summed E-state index contributed by atoms with van der Waals surface area (Å²) in [4.78, 5) is 6.68. The molecule has 1 aliphatic rings. The molecule has 0 bridgehead atoms. The van der Waals surface area contributed by atoms with Gasteiger partial charge in [-0.25, -0.2) is 4.98 Å². The van der Waals surface area contributed by atoms with Crippen molar-refractivity contribution >= 4 is 0 Å². The van der Waals surface area contributed by atoms with Crippen molar-refractivity contribution in [2.24, 2.45) is 0 Å². The second-order valence-electron chi connectivity index (χ2n) is 4.78. The summed E-state index contributed by atoms with van der Waals surface area (Å²) < 4.78 is 5.87. The molecule has 3 nitrogen and oxygen atoms in total. The van der Waals surface area contributed by atoms with Crippen LogP contribution in [-0.4, -0.2) is 34.6 Å². The van der Waals surface area contributed by atoms with Gasteiger partial charge in [-0.1, -0.05) is 6.07 Å². The zero-order valence-corrected chi connectivity index (χ0v) is 10.3. The summed E-state index contributed by atoms with van der Waals surface area (Å²) in [7, 11) is 0.